The summed E-state index contributed by atoms with van der Waals surface area (Å²) in [4.78, 5) is 0. The van der Waals surface area contributed by atoms with Crippen LogP contribution in [0.15, 0.2) is 92.3 Å². The van der Waals surface area contributed by atoms with E-state index in [1.807, 2.05) is 6.56 Å². The summed E-state index contributed by atoms with van der Waals surface area (Å²) >= 11 is -2.13. The fraction of sp³-hybridized carbons (Fsp3) is 0.290. The Morgan fingerprint density at radius 3 is 2.03 bits per heavy atom. The van der Waals surface area contributed by atoms with Crippen molar-refractivity contribution in [1.82, 2.24) is 0 Å². The number of allylic oxidation sites excluding steroid dienone is 5. The van der Waals surface area contributed by atoms with Gasteiger partial charge in [-0.1, -0.05) is 0 Å². The first-order valence-corrected chi connectivity index (χ1v) is 20.8. The third-order valence-corrected chi connectivity index (χ3v) is 25.7. The summed E-state index contributed by atoms with van der Waals surface area (Å²) in [6.45, 7) is 17.3. The van der Waals surface area contributed by atoms with E-state index in [9.17, 15) is 0 Å². The zero-order valence-corrected chi connectivity index (χ0v) is 24.5. The number of benzene rings is 3. The Morgan fingerprint density at radius 2 is 1.39 bits per heavy atom. The van der Waals surface area contributed by atoms with E-state index in [2.05, 4.69) is 114 Å². The monoisotopic (exact) mass is 524 g/mol. The molecule has 3 aromatic rings. The first-order chi connectivity index (χ1) is 15.8. The number of fused-ring (bicyclic) bond motifs is 3. The average Bonchev–Trinajstić information content (AvgIpc) is 3.21. The molecular weight excluding hydrogens is 492 g/mol. The van der Waals surface area contributed by atoms with Crippen LogP contribution in [0.4, 0.5) is 0 Å². The predicted molar refractivity (Wildman–Crippen MR) is 143 cm³/mol. The van der Waals surface area contributed by atoms with Crippen molar-refractivity contribution in [2.45, 2.75) is 53.6 Å². The van der Waals surface area contributed by atoms with E-state index in [1.165, 1.54) is 16.3 Å². The summed E-state index contributed by atoms with van der Waals surface area (Å²) in [7, 11) is 0. The third-order valence-electron chi connectivity index (χ3n) is 8.14. The van der Waals surface area contributed by atoms with Crippen LogP contribution in [0.3, 0.4) is 0 Å². The Balaban J connectivity index is 1.86. The molecular formula is C31H34SiZr. The van der Waals surface area contributed by atoms with Crippen molar-refractivity contribution in [3.63, 3.8) is 0 Å². The minimum atomic E-state index is -2.13. The molecule has 0 aliphatic heterocycles. The molecule has 0 fully saturated rings. The van der Waals surface area contributed by atoms with Crippen LogP contribution in [0.25, 0.3) is 14.1 Å². The van der Waals surface area contributed by atoms with Gasteiger partial charge in [-0.15, -0.1) is 0 Å². The Labute approximate surface area is 207 Å². The van der Waals surface area contributed by atoms with Gasteiger partial charge in [0.1, 0.15) is 0 Å². The van der Waals surface area contributed by atoms with Crippen LogP contribution < -0.4 is 0 Å². The molecule has 0 spiro atoms. The molecule has 0 N–H and O–H groups in total. The second-order valence-corrected chi connectivity index (χ2v) is 26.8. The molecule has 0 amide bonds. The average molecular weight is 526 g/mol. The van der Waals surface area contributed by atoms with Crippen molar-refractivity contribution < 1.29 is 20.4 Å². The van der Waals surface area contributed by atoms with Crippen LogP contribution >= 0.6 is 0 Å². The van der Waals surface area contributed by atoms with E-state index >= 15 is 0 Å². The molecule has 0 nitrogen and oxygen atoms in total. The van der Waals surface area contributed by atoms with Crippen molar-refractivity contribution in [3.05, 3.63) is 109 Å². The number of hydrogen-bond acceptors (Lipinski definition) is 0. The van der Waals surface area contributed by atoms with Gasteiger partial charge in [0.05, 0.1) is 0 Å². The van der Waals surface area contributed by atoms with E-state index in [1.54, 1.807) is 33.4 Å². The summed E-state index contributed by atoms with van der Waals surface area (Å²) in [6, 6.07) is 25.1. The Bertz CT molecular complexity index is 1410. The number of hydrogen-bond donors (Lipinski definition) is 0. The van der Waals surface area contributed by atoms with Gasteiger partial charge in [-0.3, -0.25) is 0 Å². The second kappa shape index (κ2) is 8.79. The molecule has 5 rings (SSSR count). The molecule has 2 aliphatic rings. The van der Waals surface area contributed by atoms with Crippen molar-refractivity contribution >= 4 is 19.5 Å². The third kappa shape index (κ3) is 3.57. The van der Waals surface area contributed by atoms with E-state index < -0.39 is 25.8 Å². The molecule has 2 unspecified atom stereocenters. The summed E-state index contributed by atoms with van der Waals surface area (Å²) in [6.07, 6.45) is 0. The maximum absolute atomic E-state index is 2.61. The standard InChI is InChI=1S/C20H15.C9H13.C2H6Si.Zr/c1-14-13-19-17-10-6-5-7-15(17)11-12-18(19)20(14)16-8-3-2-4-9-16;1-6-5-7(2)9(4)8(6)3;1-3-2;/h2-12,20H,1H3;6H,1-4H3;1-2H3;. The van der Waals surface area contributed by atoms with Gasteiger partial charge in [0.15, 0.2) is 0 Å². The molecule has 0 heterocycles. The van der Waals surface area contributed by atoms with Crippen molar-refractivity contribution in [3.8, 4) is 0 Å². The van der Waals surface area contributed by atoms with Crippen LogP contribution in [0.1, 0.15) is 57.2 Å². The molecule has 166 valence electrons. The Kier molecular flexibility index (Phi) is 6.13. The van der Waals surface area contributed by atoms with Crippen molar-refractivity contribution in [1.29, 1.82) is 0 Å². The van der Waals surface area contributed by atoms with Gasteiger partial charge >= 0.3 is 208 Å². The van der Waals surface area contributed by atoms with Crippen molar-refractivity contribution in [2.75, 3.05) is 0 Å². The van der Waals surface area contributed by atoms with Crippen LogP contribution in [0.5, 0.6) is 0 Å². The molecule has 0 saturated heterocycles. The summed E-state index contributed by atoms with van der Waals surface area (Å²) in [5.41, 5.74) is 10.6. The Hall–Kier alpha value is -1.76. The summed E-state index contributed by atoms with van der Waals surface area (Å²) in [5.74, 6) is 1.01. The summed E-state index contributed by atoms with van der Waals surface area (Å²) in [5, 5.41) is 2.85. The molecule has 33 heavy (non-hydrogen) atoms. The van der Waals surface area contributed by atoms with Crippen LogP contribution in [-0.4, -0.2) is 5.43 Å². The molecule has 2 heteroatoms. The van der Waals surface area contributed by atoms with E-state index in [0.717, 1.165) is 0 Å². The minimum absolute atomic E-state index is 0.394. The van der Waals surface area contributed by atoms with Crippen LogP contribution in [-0.2, 0) is 20.4 Å². The van der Waals surface area contributed by atoms with Crippen LogP contribution in [0, 0.1) is 5.92 Å². The van der Waals surface area contributed by atoms with E-state index in [-0.39, 0.29) is 0 Å². The van der Waals surface area contributed by atoms with E-state index in [4.69, 9.17) is 0 Å². The van der Waals surface area contributed by atoms with Gasteiger partial charge < -0.3 is 0 Å². The molecule has 2 atom stereocenters. The van der Waals surface area contributed by atoms with E-state index in [0.29, 0.717) is 11.8 Å². The zero-order valence-electron chi connectivity index (χ0n) is 21.0. The normalized spacial score (nSPS) is 20.2. The quantitative estimate of drug-likeness (QED) is 0.300. The Morgan fingerprint density at radius 1 is 0.727 bits per heavy atom. The van der Waals surface area contributed by atoms with Gasteiger partial charge in [-0.2, -0.15) is 0 Å². The van der Waals surface area contributed by atoms with Gasteiger partial charge in [-0.05, 0) is 0 Å². The molecule has 0 bridgehead atoms. The molecule has 2 aliphatic carbocycles. The molecule has 0 saturated carbocycles. The number of rotatable bonds is 3. The van der Waals surface area contributed by atoms with Gasteiger partial charge in [0.25, 0.3) is 0 Å². The maximum atomic E-state index is 2.61. The van der Waals surface area contributed by atoms with Gasteiger partial charge in [0.2, 0.25) is 0 Å². The predicted octanol–water partition coefficient (Wildman–Crippen LogP) is 8.85. The van der Waals surface area contributed by atoms with Gasteiger partial charge in [-0.25, -0.2) is 0 Å². The molecule has 0 aromatic heterocycles. The second-order valence-electron chi connectivity index (χ2n) is 10.1. The van der Waals surface area contributed by atoms with Crippen molar-refractivity contribution in [2.24, 2.45) is 5.92 Å². The first-order valence-electron chi connectivity index (χ1n) is 12.2. The van der Waals surface area contributed by atoms with Crippen LogP contribution in [0.2, 0.25) is 13.1 Å². The molecule has 0 radical (unpaired) electrons. The first kappa shape index (κ1) is 23.0. The SMILES string of the molecule is CC1=C(C)C(C)[C]([Zr]([C]2=C(C)C(c3ccccc3)c3ccc4ccccc4c32)=[Si](C)C)=C1C. The topological polar surface area (TPSA) is 0 Å². The fourth-order valence-corrected chi connectivity index (χ4v) is 25.5. The fourth-order valence-electron chi connectivity index (χ4n) is 6.20. The van der Waals surface area contributed by atoms with Gasteiger partial charge in [0, 0.05) is 0 Å². The molecule has 3 aromatic carbocycles. The zero-order chi connectivity index (χ0) is 23.4. The summed E-state index contributed by atoms with van der Waals surface area (Å²) < 4.78 is 3.70.